The third-order valence-electron chi connectivity index (χ3n) is 3.04. The third-order valence-corrected chi connectivity index (χ3v) is 3.04. The highest BCUT2D eigenvalue weighted by atomic mass is 16.4. The van der Waals surface area contributed by atoms with Gasteiger partial charge < -0.3 is 10.2 Å². The number of rotatable bonds is 4. The quantitative estimate of drug-likeness (QED) is 0.698. The molecule has 0 bridgehead atoms. The first kappa shape index (κ1) is 11.8. The summed E-state index contributed by atoms with van der Waals surface area (Å²) in [6.07, 6.45) is 4.68. The zero-order valence-electron chi connectivity index (χ0n) is 8.61. The molecule has 1 fully saturated rings. The van der Waals surface area contributed by atoms with E-state index in [1.54, 1.807) is 0 Å². The maximum Gasteiger partial charge on any atom is 0.331 e. The van der Waals surface area contributed by atoms with Crippen molar-refractivity contribution < 1.29 is 19.8 Å². The van der Waals surface area contributed by atoms with Crippen molar-refractivity contribution in [3.8, 4) is 0 Å². The van der Waals surface area contributed by atoms with E-state index >= 15 is 0 Å². The largest absolute Gasteiger partial charge is 0.481 e. The van der Waals surface area contributed by atoms with E-state index in [9.17, 15) is 9.59 Å². The number of carboxylic acids is 2. The van der Waals surface area contributed by atoms with Gasteiger partial charge in [0.15, 0.2) is 0 Å². The Bertz CT molecular complexity index is 276. The molecule has 0 amide bonds. The summed E-state index contributed by atoms with van der Waals surface area (Å²) in [6.45, 7) is 3.37. The molecule has 0 aromatic heterocycles. The first-order valence-corrected chi connectivity index (χ1v) is 5.19. The number of aliphatic carboxylic acids is 2. The van der Waals surface area contributed by atoms with E-state index < -0.39 is 17.9 Å². The second-order valence-electron chi connectivity index (χ2n) is 4.04. The fourth-order valence-corrected chi connectivity index (χ4v) is 2.24. The molecule has 0 heterocycles. The molecule has 4 nitrogen and oxygen atoms in total. The highest BCUT2D eigenvalue weighted by Gasteiger charge is 2.34. The van der Waals surface area contributed by atoms with E-state index in [0.29, 0.717) is 0 Å². The van der Waals surface area contributed by atoms with Crippen molar-refractivity contribution in [2.75, 3.05) is 0 Å². The number of hydrogen-bond acceptors (Lipinski definition) is 2. The van der Waals surface area contributed by atoms with Crippen molar-refractivity contribution >= 4 is 11.9 Å². The lowest BCUT2D eigenvalue weighted by Gasteiger charge is -2.27. The summed E-state index contributed by atoms with van der Waals surface area (Å²) in [6, 6.07) is 0. The molecule has 2 N–H and O–H groups in total. The molecule has 15 heavy (non-hydrogen) atoms. The summed E-state index contributed by atoms with van der Waals surface area (Å²) >= 11 is 0. The third kappa shape index (κ3) is 2.81. The average Bonchev–Trinajstić information content (AvgIpc) is 2.18. The van der Waals surface area contributed by atoms with Gasteiger partial charge in [0.2, 0.25) is 0 Å². The first-order chi connectivity index (χ1) is 7.04. The van der Waals surface area contributed by atoms with Gasteiger partial charge in [-0.3, -0.25) is 4.79 Å². The Kier molecular flexibility index (Phi) is 3.88. The van der Waals surface area contributed by atoms with Gasteiger partial charge in [0.05, 0.1) is 5.92 Å². The Morgan fingerprint density at radius 1 is 1.13 bits per heavy atom. The highest BCUT2D eigenvalue weighted by molar-refractivity contribution is 5.93. The van der Waals surface area contributed by atoms with E-state index in [-0.39, 0.29) is 11.5 Å². The van der Waals surface area contributed by atoms with Gasteiger partial charge >= 0.3 is 11.9 Å². The van der Waals surface area contributed by atoms with Crippen LogP contribution in [0.25, 0.3) is 0 Å². The predicted octanol–water partition coefficient (Wildman–Crippen LogP) is 1.91. The van der Waals surface area contributed by atoms with E-state index in [2.05, 4.69) is 6.58 Å². The van der Waals surface area contributed by atoms with Crippen molar-refractivity contribution in [2.24, 2.45) is 11.8 Å². The van der Waals surface area contributed by atoms with Crippen molar-refractivity contribution in [1.82, 2.24) is 0 Å². The Morgan fingerprint density at radius 2 is 1.67 bits per heavy atom. The summed E-state index contributed by atoms with van der Waals surface area (Å²) in [5.41, 5.74) is -0.186. The predicted molar refractivity (Wildman–Crippen MR) is 54.5 cm³/mol. The van der Waals surface area contributed by atoms with Crippen LogP contribution in [0.5, 0.6) is 0 Å². The second-order valence-corrected chi connectivity index (χ2v) is 4.04. The molecule has 4 heteroatoms. The molecule has 0 saturated heterocycles. The Labute approximate surface area is 88.6 Å². The van der Waals surface area contributed by atoms with Gasteiger partial charge in [0.1, 0.15) is 0 Å². The summed E-state index contributed by atoms with van der Waals surface area (Å²) in [5.74, 6) is -3.23. The van der Waals surface area contributed by atoms with Gasteiger partial charge in [-0.25, -0.2) is 4.79 Å². The monoisotopic (exact) mass is 212 g/mol. The van der Waals surface area contributed by atoms with Crippen LogP contribution >= 0.6 is 0 Å². The Balaban J connectivity index is 2.76. The van der Waals surface area contributed by atoms with Crippen LogP contribution in [0.4, 0.5) is 0 Å². The van der Waals surface area contributed by atoms with Crippen molar-refractivity contribution in [2.45, 2.75) is 32.1 Å². The first-order valence-electron chi connectivity index (χ1n) is 5.19. The fourth-order valence-electron chi connectivity index (χ4n) is 2.24. The van der Waals surface area contributed by atoms with Crippen LogP contribution in [0.1, 0.15) is 32.1 Å². The molecular formula is C11H16O4. The number of hydrogen-bond donors (Lipinski definition) is 2. The van der Waals surface area contributed by atoms with E-state index in [0.717, 1.165) is 32.1 Å². The van der Waals surface area contributed by atoms with Crippen molar-refractivity contribution in [3.63, 3.8) is 0 Å². The smallest absolute Gasteiger partial charge is 0.331 e. The molecule has 1 atom stereocenters. The summed E-state index contributed by atoms with van der Waals surface area (Å²) in [5, 5.41) is 17.8. The average molecular weight is 212 g/mol. The molecule has 1 aliphatic rings. The van der Waals surface area contributed by atoms with Gasteiger partial charge in [0.25, 0.3) is 0 Å². The molecule has 0 radical (unpaired) electrons. The molecule has 0 aromatic carbocycles. The fraction of sp³-hybridized carbons (Fsp3) is 0.636. The topological polar surface area (TPSA) is 74.6 Å². The molecule has 1 rings (SSSR count). The SMILES string of the molecule is C=C(C(=O)O)C(C(=O)O)C1CCCCC1. The van der Waals surface area contributed by atoms with Crippen LogP contribution in [0.2, 0.25) is 0 Å². The van der Waals surface area contributed by atoms with Crippen molar-refractivity contribution in [1.29, 1.82) is 0 Å². The van der Waals surface area contributed by atoms with Gasteiger partial charge in [-0.05, 0) is 18.8 Å². The molecule has 1 unspecified atom stereocenters. The normalized spacial score (nSPS) is 19.5. The van der Waals surface area contributed by atoms with Gasteiger partial charge in [-0.1, -0.05) is 25.8 Å². The van der Waals surface area contributed by atoms with Crippen LogP contribution in [-0.2, 0) is 9.59 Å². The number of carbonyl (C=O) groups is 2. The highest BCUT2D eigenvalue weighted by Crippen LogP contribution is 2.33. The minimum Gasteiger partial charge on any atom is -0.481 e. The van der Waals surface area contributed by atoms with Gasteiger partial charge in [0, 0.05) is 5.57 Å². The molecule has 0 aromatic rings. The summed E-state index contributed by atoms with van der Waals surface area (Å²) < 4.78 is 0. The van der Waals surface area contributed by atoms with E-state index in [1.165, 1.54) is 0 Å². The molecule has 0 aliphatic heterocycles. The van der Waals surface area contributed by atoms with Crippen LogP contribution in [0, 0.1) is 11.8 Å². The second kappa shape index (κ2) is 4.96. The molecule has 0 spiro atoms. The van der Waals surface area contributed by atoms with Crippen LogP contribution < -0.4 is 0 Å². The lowest BCUT2D eigenvalue weighted by Crippen LogP contribution is -2.29. The van der Waals surface area contributed by atoms with Crippen LogP contribution in [0.15, 0.2) is 12.2 Å². The molecule has 1 saturated carbocycles. The molecule has 1 aliphatic carbocycles. The van der Waals surface area contributed by atoms with E-state index in [4.69, 9.17) is 10.2 Å². The standard InChI is InChI=1S/C11H16O4/c1-7(10(12)13)9(11(14)15)8-5-3-2-4-6-8/h8-9H,1-6H2,(H,12,13)(H,14,15). The zero-order chi connectivity index (χ0) is 11.4. The number of carboxylic acid groups (broad SMARTS) is 2. The van der Waals surface area contributed by atoms with Crippen LogP contribution in [0.3, 0.4) is 0 Å². The van der Waals surface area contributed by atoms with Crippen LogP contribution in [-0.4, -0.2) is 22.2 Å². The Hall–Kier alpha value is -1.32. The zero-order valence-corrected chi connectivity index (χ0v) is 8.61. The maximum atomic E-state index is 11.0. The summed E-state index contributed by atoms with van der Waals surface area (Å²) in [7, 11) is 0. The van der Waals surface area contributed by atoms with Gasteiger partial charge in [-0.15, -0.1) is 0 Å². The van der Waals surface area contributed by atoms with Gasteiger partial charge in [-0.2, -0.15) is 0 Å². The maximum absolute atomic E-state index is 11.0. The van der Waals surface area contributed by atoms with E-state index in [1.807, 2.05) is 0 Å². The minimum atomic E-state index is -1.20. The Morgan fingerprint density at radius 3 is 2.07 bits per heavy atom. The minimum absolute atomic E-state index is 0.0557. The molecular weight excluding hydrogens is 196 g/mol. The lowest BCUT2D eigenvalue weighted by atomic mass is 9.77. The lowest BCUT2D eigenvalue weighted by molar-refractivity contribution is -0.145. The molecule has 84 valence electrons. The summed E-state index contributed by atoms with van der Waals surface area (Å²) in [4.78, 5) is 21.7. The van der Waals surface area contributed by atoms with Crippen molar-refractivity contribution in [3.05, 3.63) is 12.2 Å².